The summed E-state index contributed by atoms with van der Waals surface area (Å²) >= 11 is 0. The molecule has 4 aromatic rings. The summed E-state index contributed by atoms with van der Waals surface area (Å²) < 4.78 is 41.2. The van der Waals surface area contributed by atoms with Crippen LogP contribution in [0.25, 0.3) is 28.3 Å². The average molecular weight is 381 g/mol. The fourth-order valence-corrected chi connectivity index (χ4v) is 3.22. The van der Waals surface area contributed by atoms with Gasteiger partial charge in [-0.15, -0.1) is 0 Å². The third-order valence-electron chi connectivity index (χ3n) is 4.73. The topological polar surface area (TPSA) is 33.6 Å². The van der Waals surface area contributed by atoms with Crippen molar-refractivity contribution in [2.75, 3.05) is 0 Å². The van der Waals surface area contributed by atoms with Gasteiger partial charge in [-0.3, -0.25) is 4.57 Å². The van der Waals surface area contributed by atoms with Crippen LogP contribution in [-0.2, 0) is 6.18 Å². The van der Waals surface area contributed by atoms with Gasteiger partial charge in [0.25, 0.3) is 0 Å². The largest absolute Gasteiger partial charge is 0.416 e. The summed E-state index contributed by atoms with van der Waals surface area (Å²) in [5.41, 5.74) is 4.48. The van der Waals surface area contributed by atoms with Gasteiger partial charge in [-0.2, -0.15) is 13.2 Å². The summed E-state index contributed by atoms with van der Waals surface area (Å²) in [5, 5.41) is 0. The van der Waals surface area contributed by atoms with Crippen LogP contribution in [-0.4, -0.2) is 14.5 Å². The highest BCUT2D eigenvalue weighted by molar-refractivity contribution is 5.66. The molecule has 2 aromatic heterocycles. The number of H-pyrrole nitrogens is 1. The van der Waals surface area contributed by atoms with E-state index in [9.17, 15) is 13.2 Å². The highest BCUT2D eigenvalue weighted by Gasteiger charge is 2.31. The number of hydrogen-bond donors (Lipinski definition) is 1. The van der Waals surface area contributed by atoms with Crippen LogP contribution in [0.15, 0.2) is 67.0 Å². The third-order valence-corrected chi connectivity index (χ3v) is 4.73. The van der Waals surface area contributed by atoms with Gasteiger partial charge >= 0.3 is 6.18 Å². The van der Waals surface area contributed by atoms with E-state index in [1.54, 1.807) is 23.9 Å². The maximum Gasteiger partial charge on any atom is 0.416 e. The van der Waals surface area contributed by atoms with Crippen molar-refractivity contribution in [1.29, 1.82) is 0 Å². The zero-order chi connectivity index (χ0) is 19.9. The minimum absolute atomic E-state index is 0.462. The van der Waals surface area contributed by atoms with Crippen LogP contribution in [0.2, 0.25) is 0 Å². The predicted molar refractivity (Wildman–Crippen MR) is 103 cm³/mol. The Balaban J connectivity index is 1.74. The Labute approximate surface area is 160 Å². The molecule has 0 aliphatic heterocycles. The van der Waals surface area contributed by atoms with Crippen LogP contribution in [0.4, 0.5) is 13.2 Å². The SMILES string of the molecule is Cc1ccc(-c2ccc(-n3ccnc3-c3cc(C(F)(F)F)ccc3C)cc2)[nH]1. The molecule has 0 atom stereocenters. The molecule has 28 heavy (non-hydrogen) atoms. The molecule has 0 spiro atoms. The maximum absolute atomic E-state index is 13.1. The second-order valence-corrected chi connectivity index (χ2v) is 6.75. The predicted octanol–water partition coefficient (Wildman–Crippen LogP) is 6.17. The number of nitrogens with zero attached hydrogens (tertiary/aromatic N) is 2. The van der Waals surface area contributed by atoms with Crippen LogP contribution in [0.3, 0.4) is 0 Å². The van der Waals surface area contributed by atoms with E-state index >= 15 is 0 Å². The van der Waals surface area contributed by atoms with Crippen molar-refractivity contribution < 1.29 is 13.2 Å². The first-order valence-electron chi connectivity index (χ1n) is 8.81. The molecule has 0 amide bonds. The van der Waals surface area contributed by atoms with E-state index < -0.39 is 11.7 Å². The van der Waals surface area contributed by atoms with E-state index in [1.165, 1.54) is 6.07 Å². The quantitative estimate of drug-likeness (QED) is 0.452. The van der Waals surface area contributed by atoms with Gasteiger partial charge in [0.15, 0.2) is 0 Å². The first kappa shape index (κ1) is 18.1. The molecule has 0 saturated heterocycles. The Bertz CT molecular complexity index is 1120. The normalized spacial score (nSPS) is 11.8. The highest BCUT2D eigenvalue weighted by Crippen LogP contribution is 2.34. The number of nitrogens with one attached hydrogen (secondary N) is 1. The minimum Gasteiger partial charge on any atom is -0.359 e. The molecule has 4 rings (SSSR count). The second-order valence-electron chi connectivity index (χ2n) is 6.75. The monoisotopic (exact) mass is 381 g/mol. The third kappa shape index (κ3) is 3.33. The Morgan fingerprint density at radius 1 is 0.929 bits per heavy atom. The van der Waals surface area contributed by atoms with E-state index in [4.69, 9.17) is 0 Å². The van der Waals surface area contributed by atoms with Crippen molar-refractivity contribution in [3.05, 3.63) is 83.8 Å². The van der Waals surface area contributed by atoms with Crippen molar-refractivity contribution in [1.82, 2.24) is 14.5 Å². The molecule has 6 heteroatoms. The number of aromatic amines is 1. The Hall–Kier alpha value is -3.28. The standard InChI is InChI=1S/C22H18F3N3/c1-14-3-7-17(22(23,24)25)13-19(14)21-26-11-12-28(21)18-8-5-16(6-9-18)20-10-4-15(2)27-20/h3-13,27H,1-2H3. The number of hydrogen-bond acceptors (Lipinski definition) is 1. The lowest BCUT2D eigenvalue weighted by Crippen LogP contribution is -2.06. The lowest BCUT2D eigenvalue weighted by atomic mass is 10.0. The molecule has 0 unspecified atom stereocenters. The fraction of sp³-hybridized carbons (Fsp3) is 0.136. The minimum atomic E-state index is -4.39. The molecule has 0 saturated carbocycles. The zero-order valence-corrected chi connectivity index (χ0v) is 15.4. The number of halogens is 3. The Morgan fingerprint density at radius 2 is 1.68 bits per heavy atom. The zero-order valence-electron chi connectivity index (χ0n) is 15.4. The van der Waals surface area contributed by atoms with Crippen LogP contribution in [0.5, 0.6) is 0 Å². The molecule has 142 valence electrons. The molecule has 0 radical (unpaired) electrons. The van der Waals surface area contributed by atoms with Crippen molar-refractivity contribution in [3.63, 3.8) is 0 Å². The summed E-state index contributed by atoms with van der Waals surface area (Å²) in [6.07, 6.45) is -1.05. The molecule has 1 N–H and O–H groups in total. The van der Waals surface area contributed by atoms with E-state index in [1.807, 2.05) is 43.3 Å². The Morgan fingerprint density at radius 3 is 2.32 bits per heavy atom. The number of rotatable bonds is 3. The van der Waals surface area contributed by atoms with E-state index in [0.29, 0.717) is 11.4 Å². The summed E-state index contributed by atoms with van der Waals surface area (Å²) in [6, 6.07) is 15.6. The molecular weight excluding hydrogens is 363 g/mol. The summed E-state index contributed by atoms with van der Waals surface area (Å²) in [4.78, 5) is 7.61. The summed E-state index contributed by atoms with van der Waals surface area (Å²) in [6.45, 7) is 3.78. The summed E-state index contributed by atoms with van der Waals surface area (Å²) in [5.74, 6) is 0.479. The van der Waals surface area contributed by atoms with Crippen molar-refractivity contribution in [3.8, 4) is 28.3 Å². The number of aryl methyl sites for hydroxylation is 2. The van der Waals surface area contributed by atoms with Gasteiger partial charge in [0.05, 0.1) is 5.56 Å². The molecule has 0 fully saturated rings. The van der Waals surface area contributed by atoms with E-state index in [0.717, 1.165) is 40.3 Å². The molecule has 0 aliphatic carbocycles. The first-order chi connectivity index (χ1) is 13.3. The van der Waals surface area contributed by atoms with Crippen LogP contribution in [0.1, 0.15) is 16.8 Å². The van der Waals surface area contributed by atoms with Gasteiger partial charge in [-0.05, 0) is 61.4 Å². The van der Waals surface area contributed by atoms with Gasteiger partial charge in [-0.25, -0.2) is 4.98 Å². The van der Waals surface area contributed by atoms with E-state index in [2.05, 4.69) is 9.97 Å². The number of aromatic nitrogens is 3. The molecule has 3 nitrogen and oxygen atoms in total. The van der Waals surface area contributed by atoms with Gasteiger partial charge in [0.1, 0.15) is 5.82 Å². The van der Waals surface area contributed by atoms with Gasteiger partial charge < -0.3 is 4.98 Å². The number of imidazole rings is 1. The second kappa shape index (κ2) is 6.71. The molecule has 0 bridgehead atoms. The maximum atomic E-state index is 13.1. The van der Waals surface area contributed by atoms with Crippen molar-refractivity contribution in [2.24, 2.45) is 0 Å². The molecule has 2 heterocycles. The van der Waals surface area contributed by atoms with Crippen LogP contribution < -0.4 is 0 Å². The first-order valence-corrected chi connectivity index (χ1v) is 8.81. The highest BCUT2D eigenvalue weighted by atomic mass is 19.4. The van der Waals surface area contributed by atoms with Gasteiger partial charge in [-0.1, -0.05) is 18.2 Å². The number of alkyl halides is 3. The number of benzene rings is 2. The van der Waals surface area contributed by atoms with Crippen LogP contribution in [0, 0.1) is 13.8 Å². The Kier molecular flexibility index (Phi) is 4.34. The fourth-order valence-electron chi connectivity index (χ4n) is 3.22. The van der Waals surface area contributed by atoms with E-state index in [-0.39, 0.29) is 0 Å². The molecular formula is C22H18F3N3. The molecule has 2 aromatic carbocycles. The van der Waals surface area contributed by atoms with Crippen LogP contribution >= 0.6 is 0 Å². The van der Waals surface area contributed by atoms with Gasteiger partial charge in [0, 0.05) is 35.0 Å². The van der Waals surface area contributed by atoms with Crippen molar-refractivity contribution in [2.45, 2.75) is 20.0 Å². The van der Waals surface area contributed by atoms with Gasteiger partial charge in [0.2, 0.25) is 0 Å². The smallest absolute Gasteiger partial charge is 0.359 e. The van der Waals surface area contributed by atoms with Crippen molar-refractivity contribution >= 4 is 0 Å². The molecule has 0 aliphatic rings. The summed E-state index contributed by atoms with van der Waals surface area (Å²) in [7, 11) is 0. The lowest BCUT2D eigenvalue weighted by molar-refractivity contribution is -0.137. The lowest BCUT2D eigenvalue weighted by Gasteiger charge is -2.13. The average Bonchev–Trinajstić information content (AvgIpc) is 3.30.